The summed E-state index contributed by atoms with van der Waals surface area (Å²) in [6, 6.07) is 0. The Labute approximate surface area is 54.3 Å². The van der Waals surface area contributed by atoms with Crippen LogP contribution in [0.15, 0.2) is 3.39 Å². The Hall–Kier alpha value is 0.330. The molecule has 0 spiro atoms. The first-order valence-corrected chi connectivity index (χ1v) is 4.82. The number of halogens is 1. The third kappa shape index (κ3) is 6.33. The molecule has 7 heavy (non-hydrogen) atoms. The van der Waals surface area contributed by atoms with Gasteiger partial charge in [0.25, 0.3) is 0 Å². The first-order chi connectivity index (χ1) is 3.41. The molecule has 0 saturated carbocycles. The van der Waals surface area contributed by atoms with Crippen LogP contribution in [0.4, 0.5) is 0 Å². The van der Waals surface area contributed by atoms with Gasteiger partial charge in [0, 0.05) is 0 Å². The Morgan fingerprint density at radius 3 is 2.86 bits per heavy atom. The van der Waals surface area contributed by atoms with Crippen LogP contribution in [0.5, 0.6) is 0 Å². The quantitative estimate of drug-likeness (QED) is 0.244. The molecule has 0 aromatic carbocycles. The SMILES string of the molecule is CCCC[I-]N=O. The molecule has 0 aromatic heterocycles. The number of hydrogen-bond donors (Lipinski definition) is 0. The molecule has 0 N–H and O–H groups in total. The molecule has 0 unspecified atom stereocenters. The normalized spacial score (nSPS) is 9.29. The first-order valence-electron chi connectivity index (χ1n) is 2.33. The van der Waals surface area contributed by atoms with E-state index in [1.165, 1.54) is 12.8 Å². The van der Waals surface area contributed by atoms with Gasteiger partial charge in [-0.15, -0.1) is 0 Å². The van der Waals surface area contributed by atoms with Crippen LogP contribution >= 0.6 is 0 Å². The van der Waals surface area contributed by atoms with Gasteiger partial charge in [-0.05, 0) is 0 Å². The van der Waals surface area contributed by atoms with Gasteiger partial charge in [-0.25, -0.2) is 0 Å². The van der Waals surface area contributed by atoms with Crippen molar-refractivity contribution in [3.8, 4) is 0 Å². The molecule has 0 aromatic rings. The van der Waals surface area contributed by atoms with E-state index in [0.29, 0.717) is 0 Å². The second kappa shape index (κ2) is 6.33. The van der Waals surface area contributed by atoms with E-state index >= 15 is 0 Å². The van der Waals surface area contributed by atoms with Gasteiger partial charge in [0.2, 0.25) is 0 Å². The Morgan fingerprint density at radius 1 is 1.71 bits per heavy atom. The molecule has 0 rings (SSSR count). The van der Waals surface area contributed by atoms with Crippen molar-refractivity contribution in [3.05, 3.63) is 4.91 Å². The standard InChI is InChI=1S/C4H9INO/c1-2-3-4-5-6-7/h2-4H2,1H3/q-1. The third-order valence-corrected chi connectivity index (χ3v) is 2.14. The van der Waals surface area contributed by atoms with Crippen molar-refractivity contribution in [2.24, 2.45) is 3.39 Å². The number of nitroso groups, excluding NO2 is 1. The van der Waals surface area contributed by atoms with E-state index < -0.39 is 0 Å². The van der Waals surface area contributed by atoms with Gasteiger partial charge >= 0.3 is 54.0 Å². The second-order valence-electron chi connectivity index (χ2n) is 1.23. The van der Waals surface area contributed by atoms with Crippen molar-refractivity contribution in [1.82, 2.24) is 0 Å². The van der Waals surface area contributed by atoms with Crippen LogP contribution < -0.4 is 21.5 Å². The average molecular weight is 214 g/mol. The molecule has 0 heterocycles. The summed E-state index contributed by atoms with van der Waals surface area (Å²) in [6.45, 7) is 2.12. The zero-order valence-electron chi connectivity index (χ0n) is 4.35. The summed E-state index contributed by atoms with van der Waals surface area (Å²) < 4.78 is 3.90. The summed E-state index contributed by atoms with van der Waals surface area (Å²) in [4.78, 5) is 9.48. The Morgan fingerprint density at radius 2 is 2.43 bits per heavy atom. The molecule has 0 bridgehead atoms. The maximum atomic E-state index is 9.48. The summed E-state index contributed by atoms with van der Waals surface area (Å²) in [5.41, 5.74) is 0. The van der Waals surface area contributed by atoms with Crippen molar-refractivity contribution in [3.63, 3.8) is 0 Å². The molecular weight excluding hydrogens is 205 g/mol. The first kappa shape index (κ1) is 7.33. The van der Waals surface area contributed by atoms with Gasteiger partial charge in [-0.3, -0.25) is 0 Å². The van der Waals surface area contributed by atoms with Crippen LogP contribution in [0.2, 0.25) is 0 Å². The predicted octanol–water partition coefficient (Wildman–Crippen LogP) is -1.44. The van der Waals surface area contributed by atoms with Crippen molar-refractivity contribution in [2.75, 3.05) is 4.43 Å². The number of alkyl halides is 1. The summed E-state index contributed by atoms with van der Waals surface area (Å²) in [7, 11) is 0. The maximum absolute atomic E-state index is 9.48. The molecule has 0 saturated heterocycles. The summed E-state index contributed by atoms with van der Waals surface area (Å²) >= 11 is -0.309. The van der Waals surface area contributed by atoms with E-state index in [0.717, 1.165) is 4.43 Å². The fourth-order valence-corrected chi connectivity index (χ4v) is 1.53. The number of hydrogen-bond acceptors (Lipinski definition) is 2. The number of nitrogens with zero attached hydrogens (tertiary/aromatic N) is 1. The topological polar surface area (TPSA) is 29.4 Å². The van der Waals surface area contributed by atoms with Crippen molar-refractivity contribution in [1.29, 1.82) is 0 Å². The molecule has 0 fully saturated rings. The summed E-state index contributed by atoms with van der Waals surface area (Å²) in [5.74, 6) is 0. The Balaban J connectivity index is 2.56. The van der Waals surface area contributed by atoms with Gasteiger partial charge < -0.3 is 0 Å². The van der Waals surface area contributed by atoms with E-state index in [4.69, 9.17) is 0 Å². The molecule has 0 atom stereocenters. The van der Waals surface area contributed by atoms with Gasteiger partial charge in [-0.2, -0.15) is 0 Å². The van der Waals surface area contributed by atoms with Crippen molar-refractivity contribution >= 4 is 0 Å². The zero-order valence-corrected chi connectivity index (χ0v) is 6.51. The van der Waals surface area contributed by atoms with Gasteiger partial charge in [0.15, 0.2) is 0 Å². The number of unbranched alkanes of at least 4 members (excludes halogenated alkanes) is 1. The minimum atomic E-state index is -0.309. The molecule has 0 radical (unpaired) electrons. The molecule has 0 aliphatic rings. The van der Waals surface area contributed by atoms with Gasteiger partial charge in [0.05, 0.1) is 0 Å². The predicted molar refractivity (Wildman–Crippen MR) is 25.6 cm³/mol. The molecule has 0 aliphatic carbocycles. The van der Waals surface area contributed by atoms with Gasteiger partial charge in [0.1, 0.15) is 0 Å². The monoisotopic (exact) mass is 214 g/mol. The molecule has 2 nitrogen and oxygen atoms in total. The fraction of sp³-hybridized carbons (Fsp3) is 1.00. The van der Waals surface area contributed by atoms with Crippen LogP contribution in [-0.2, 0) is 0 Å². The fourth-order valence-electron chi connectivity index (χ4n) is 0.228. The molecular formula is C4H9INO-. The summed E-state index contributed by atoms with van der Waals surface area (Å²) in [6.07, 6.45) is 2.37. The van der Waals surface area contributed by atoms with E-state index in [2.05, 4.69) is 10.3 Å². The number of rotatable bonds is 4. The summed E-state index contributed by atoms with van der Waals surface area (Å²) in [5, 5.41) is 0. The minimum absolute atomic E-state index is 0.309. The molecule has 0 aliphatic heterocycles. The average Bonchev–Trinajstić information content (AvgIpc) is 1.69. The van der Waals surface area contributed by atoms with E-state index in [1.54, 1.807) is 0 Å². The second-order valence-corrected chi connectivity index (χ2v) is 3.39. The Bertz CT molecular complexity index is 49.0. The van der Waals surface area contributed by atoms with Crippen LogP contribution in [0, 0.1) is 4.91 Å². The van der Waals surface area contributed by atoms with Crippen LogP contribution in [-0.4, -0.2) is 4.43 Å². The molecule has 3 heteroatoms. The molecule has 44 valence electrons. The van der Waals surface area contributed by atoms with E-state index in [1.807, 2.05) is 0 Å². The van der Waals surface area contributed by atoms with Crippen molar-refractivity contribution < 1.29 is 21.5 Å². The van der Waals surface area contributed by atoms with Crippen LogP contribution in [0.25, 0.3) is 0 Å². The van der Waals surface area contributed by atoms with Crippen LogP contribution in [0.3, 0.4) is 0 Å². The van der Waals surface area contributed by atoms with Crippen LogP contribution in [0.1, 0.15) is 19.8 Å². The van der Waals surface area contributed by atoms with Crippen molar-refractivity contribution in [2.45, 2.75) is 19.8 Å². The third-order valence-electron chi connectivity index (χ3n) is 0.620. The van der Waals surface area contributed by atoms with E-state index in [-0.39, 0.29) is 21.5 Å². The molecule has 0 amide bonds. The van der Waals surface area contributed by atoms with Gasteiger partial charge in [-0.1, -0.05) is 0 Å². The van der Waals surface area contributed by atoms with E-state index in [9.17, 15) is 4.91 Å². The zero-order chi connectivity index (χ0) is 5.54. The Kier molecular flexibility index (Phi) is 6.63.